The molecule has 4 rings (SSSR count). The van der Waals surface area contributed by atoms with Crippen molar-refractivity contribution < 1.29 is 9.45 Å². The molecule has 0 radical (unpaired) electrons. The van der Waals surface area contributed by atoms with Gasteiger partial charge in [0.25, 0.3) is 5.69 Å². The van der Waals surface area contributed by atoms with Crippen molar-refractivity contribution in [1.29, 1.82) is 0 Å². The number of piperazine rings is 1. The van der Waals surface area contributed by atoms with E-state index in [4.69, 9.17) is 16.1 Å². The van der Waals surface area contributed by atoms with Gasteiger partial charge in [-0.05, 0) is 31.3 Å². The zero-order valence-electron chi connectivity index (χ0n) is 18.0. The Hall–Kier alpha value is -2.94. The molecule has 1 fully saturated rings. The average Bonchev–Trinajstić information content (AvgIpc) is 3.26. The van der Waals surface area contributed by atoms with Crippen LogP contribution in [0.5, 0.6) is 0 Å². The van der Waals surface area contributed by atoms with Crippen LogP contribution in [0.1, 0.15) is 5.76 Å². The zero-order valence-corrected chi connectivity index (χ0v) is 18.7. The lowest BCUT2D eigenvalue weighted by Gasteiger charge is -2.36. The number of aromatic nitrogens is 1. The molecule has 0 spiro atoms. The van der Waals surface area contributed by atoms with Crippen LogP contribution in [0.15, 0.2) is 59.1 Å². The molecule has 8 nitrogen and oxygen atoms in total. The van der Waals surface area contributed by atoms with Crippen LogP contribution in [0.25, 0.3) is 11.3 Å². The SMILES string of the molecule is CN(CCN1CCN(c2cccc(Cl)c2)CC1)Cc1cc(-c2ccccc2[N+](=O)[O-])no1. The lowest BCUT2D eigenvalue weighted by molar-refractivity contribution is -0.384. The second kappa shape index (κ2) is 10.1. The maximum Gasteiger partial charge on any atom is 0.278 e. The largest absolute Gasteiger partial charge is 0.369 e. The number of rotatable bonds is 8. The quantitative estimate of drug-likeness (QED) is 0.372. The Morgan fingerprint density at radius 1 is 1.12 bits per heavy atom. The molecule has 2 aromatic carbocycles. The molecular weight excluding hydrogens is 430 g/mol. The maximum absolute atomic E-state index is 11.3. The molecule has 0 bridgehead atoms. The summed E-state index contributed by atoms with van der Waals surface area (Å²) in [6.07, 6.45) is 0. The first-order valence-electron chi connectivity index (χ1n) is 10.6. The number of hydrogen-bond donors (Lipinski definition) is 0. The molecule has 0 saturated carbocycles. The van der Waals surface area contributed by atoms with E-state index >= 15 is 0 Å². The van der Waals surface area contributed by atoms with Crippen LogP contribution in [0, 0.1) is 10.1 Å². The van der Waals surface area contributed by atoms with Gasteiger partial charge in [0.1, 0.15) is 5.69 Å². The van der Waals surface area contributed by atoms with E-state index in [1.807, 2.05) is 25.2 Å². The maximum atomic E-state index is 11.3. The summed E-state index contributed by atoms with van der Waals surface area (Å²) in [5.41, 5.74) is 2.15. The highest BCUT2D eigenvalue weighted by atomic mass is 35.5. The van der Waals surface area contributed by atoms with E-state index in [1.54, 1.807) is 24.3 Å². The van der Waals surface area contributed by atoms with Crippen LogP contribution in [0.2, 0.25) is 5.02 Å². The van der Waals surface area contributed by atoms with Gasteiger partial charge in [-0.25, -0.2) is 0 Å². The summed E-state index contributed by atoms with van der Waals surface area (Å²) in [6.45, 7) is 6.41. The summed E-state index contributed by atoms with van der Waals surface area (Å²) in [4.78, 5) is 17.9. The fraction of sp³-hybridized carbons (Fsp3) is 0.348. The first-order chi connectivity index (χ1) is 15.5. The predicted octanol–water partition coefficient (Wildman–Crippen LogP) is 4.16. The minimum Gasteiger partial charge on any atom is -0.369 e. The van der Waals surface area contributed by atoms with Crippen LogP contribution < -0.4 is 4.90 Å². The molecular formula is C23H26ClN5O3. The van der Waals surface area contributed by atoms with E-state index in [0.717, 1.165) is 44.3 Å². The Labute approximate surface area is 192 Å². The molecule has 1 aliphatic heterocycles. The van der Waals surface area contributed by atoms with E-state index in [-0.39, 0.29) is 5.69 Å². The third-order valence-corrected chi connectivity index (χ3v) is 5.94. The summed E-state index contributed by atoms with van der Waals surface area (Å²) in [7, 11) is 2.04. The van der Waals surface area contributed by atoms with Gasteiger partial charge in [0.15, 0.2) is 5.76 Å². The molecule has 1 aromatic heterocycles. The molecule has 9 heteroatoms. The summed E-state index contributed by atoms with van der Waals surface area (Å²) in [5.74, 6) is 0.687. The number of halogens is 1. The van der Waals surface area contributed by atoms with E-state index in [9.17, 15) is 10.1 Å². The second-order valence-electron chi connectivity index (χ2n) is 8.00. The fourth-order valence-electron chi connectivity index (χ4n) is 3.92. The van der Waals surface area contributed by atoms with Gasteiger partial charge >= 0.3 is 0 Å². The summed E-state index contributed by atoms with van der Waals surface area (Å²) in [6, 6.07) is 16.3. The Morgan fingerprint density at radius 3 is 2.66 bits per heavy atom. The Bertz CT molecular complexity index is 1070. The Morgan fingerprint density at radius 2 is 1.91 bits per heavy atom. The van der Waals surface area contributed by atoms with Gasteiger partial charge in [-0.15, -0.1) is 0 Å². The van der Waals surface area contributed by atoms with Crippen LogP contribution in [-0.4, -0.2) is 66.2 Å². The normalized spacial score (nSPS) is 14.8. The average molecular weight is 456 g/mol. The van der Waals surface area contributed by atoms with Gasteiger partial charge in [0.2, 0.25) is 0 Å². The minimum atomic E-state index is -0.401. The molecule has 0 unspecified atom stereocenters. The van der Waals surface area contributed by atoms with Crippen molar-refractivity contribution in [3.05, 3.63) is 75.5 Å². The molecule has 1 aliphatic rings. The molecule has 3 aromatic rings. The third-order valence-electron chi connectivity index (χ3n) is 5.70. The summed E-state index contributed by atoms with van der Waals surface area (Å²) >= 11 is 6.12. The van der Waals surface area contributed by atoms with Crippen LogP contribution >= 0.6 is 11.6 Å². The molecule has 168 valence electrons. The van der Waals surface area contributed by atoms with E-state index in [1.165, 1.54) is 11.8 Å². The standard InChI is InChI=1S/C23H26ClN5O3/c1-26(9-10-27-11-13-28(14-12-27)19-6-4-5-18(24)15-19)17-20-16-22(25-32-20)21-7-2-3-8-23(21)29(30)31/h2-8,15-16H,9-14,17H2,1H3. The molecule has 32 heavy (non-hydrogen) atoms. The Balaban J connectivity index is 1.26. The minimum absolute atomic E-state index is 0.0256. The molecule has 2 heterocycles. The highest BCUT2D eigenvalue weighted by Gasteiger charge is 2.20. The second-order valence-corrected chi connectivity index (χ2v) is 8.44. The third kappa shape index (κ3) is 5.45. The Kier molecular flexibility index (Phi) is 7.04. The first-order valence-corrected chi connectivity index (χ1v) is 11.0. The van der Waals surface area contributed by atoms with E-state index in [0.29, 0.717) is 23.6 Å². The summed E-state index contributed by atoms with van der Waals surface area (Å²) in [5, 5.41) is 16.1. The van der Waals surface area contributed by atoms with Crippen molar-refractivity contribution in [1.82, 2.24) is 15.0 Å². The van der Waals surface area contributed by atoms with Gasteiger partial charge in [-0.3, -0.25) is 19.9 Å². The fourth-order valence-corrected chi connectivity index (χ4v) is 4.11. The van der Waals surface area contributed by atoms with Crippen molar-refractivity contribution in [2.45, 2.75) is 6.54 Å². The lowest BCUT2D eigenvalue weighted by Crippen LogP contribution is -2.48. The van der Waals surface area contributed by atoms with Crippen molar-refractivity contribution in [2.75, 3.05) is 51.2 Å². The lowest BCUT2D eigenvalue weighted by atomic mass is 10.1. The number of nitro benzene ring substituents is 1. The number of para-hydroxylation sites is 1. The number of likely N-dealkylation sites (N-methyl/N-ethyl adjacent to an activating group) is 1. The highest BCUT2D eigenvalue weighted by molar-refractivity contribution is 6.30. The first kappa shape index (κ1) is 22.3. The number of nitro groups is 1. The smallest absolute Gasteiger partial charge is 0.278 e. The molecule has 0 aliphatic carbocycles. The molecule has 1 saturated heterocycles. The molecule has 0 N–H and O–H groups in total. The van der Waals surface area contributed by atoms with Gasteiger partial charge in [-0.1, -0.05) is 35.0 Å². The van der Waals surface area contributed by atoms with Crippen molar-refractivity contribution in [3.63, 3.8) is 0 Å². The van der Waals surface area contributed by atoms with Gasteiger partial charge in [0, 0.05) is 62.1 Å². The zero-order chi connectivity index (χ0) is 22.5. The number of hydrogen-bond acceptors (Lipinski definition) is 7. The van der Waals surface area contributed by atoms with Crippen LogP contribution in [-0.2, 0) is 6.54 Å². The number of nitrogens with zero attached hydrogens (tertiary/aromatic N) is 5. The van der Waals surface area contributed by atoms with Crippen LogP contribution in [0.3, 0.4) is 0 Å². The topological polar surface area (TPSA) is 78.9 Å². The van der Waals surface area contributed by atoms with Crippen LogP contribution in [0.4, 0.5) is 11.4 Å². The van der Waals surface area contributed by atoms with Crippen molar-refractivity contribution >= 4 is 23.0 Å². The molecule has 0 amide bonds. The van der Waals surface area contributed by atoms with Gasteiger partial charge in [-0.2, -0.15) is 0 Å². The number of benzene rings is 2. The van der Waals surface area contributed by atoms with E-state index in [2.05, 4.69) is 25.9 Å². The number of anilines is 1. The monoisotopic (exact) mass is 455 g/mol. The van der Waals surface area contributed by atoms with Crippen molar-refractivity contribution in [3.8, 4) is 11.3 Å². The summed E-state index contributed by atoms with van der Waals surface area (Å²) < 4.78 is 5.44. The highest BCUT2D eigenvalue weighted by Crippen LogP contribution is 2.29. The molecule has 0 atom stereocenters. The van der Waals surface area contributed by atoms with Gasteiger partial charge in [0.05, 0.1) is 17.0 Å². The van der Waals surface area contributed by atoms with Gasteiger partial charge < -0.3 is 9.42 Å². The van der Waals surface area contributed by atoms with E-state index < -0.39 is 4.92 Å². The predicted molar refractivity (Wildman–Crippen MR) is 125 cm³/mol. The van der Waals surface area contributed by atoms with Crippen molar-refractivity contribution in [2.24, 2.45) is 0 Å².